The standard InChI is InChI=1S/C22H18N4O3/c1-2-29-18-11-9-16(10-12-18)24-21(27)19-7-4-8-20(26-19)22(28)25-17-6-3-5-15(13-17)14-23/h3-13H,2H2,1H3,(H,24,27)(H,25,28). The van der Waals surface area contributed by atoms with Crippen molar-refractivity contribution in [3.8, 4) is 11.8 Å². The van der Waals surface area contributed by atoms with Crippen LogP contribution in [0.3, 0.4) is 0 Å². The average molecular weight is 386 g/mol. The maximum Gasteiger partial charge on any atom is 0.274 e. The minimum atomic E-state index is -0.476. The van der Waals surface area contributed by atoms with Gasteiger partial charge in [-0.05, 0) is 61.5 Å². The summed E-state index contributed by atoms with van der Waals surface area (Å²) in [6, 6.07) is 20.1. The molecule has 0 unspecified atom stereocenters. The van der Waals surface area contributed by atoms with E-state index in [1.54, 1.807) is 54.6 Å². The van der Waals surface area contributed by atoms with Gasteiger partial charge in [0.25, 0.3) is 11.8 Å². The Kier molecular flexibility index (Phi) is 6.18. The second-order valence-corrected chi connectivity index (χ2v) is 5.97. The Morgan fingerprint density at radius 1 is 0.931 bits per heavy atom. The molecule has 0 aliphatic heterocycles. The Hall–Kier alpha value is -4.18. The lowest BCUT2D eigenvalue weighted by molar-refractivity contribution is 0.101. The van der Waals surface area contributed by atoms with E-state index in [4.69, 9.17) is 10.00 Å². The van der Waals surface area contributed by atoms with Crippen LogP contribution < -0.4 is 15.4 Å². The Balaban J connectivity index is 1.70. The van der Waals surface area contributed by atoms with E-state index in [0.717, 1.165) is 0 Å². The molecule has 0 radical (unpaired) electrons. The third kappa shape index (κ3) is 5.17. The second-order valence-electron chi connectivity index (χ2n) is 5.97. The molecular formula is C22H18N4O3. The van der Waals surface area contributed by atoms with Crippen LogP contribution in [0.15, 0.2) is 66.7 Å². The summed E-state index contributed by atoms with van der Waals surface area (Å²) in [7, 11) is 0. The van der Waals surface area contributed by atoms with E-state index in [1.165, 1.54) is 12.1 Å². The van der Waals surface area contributed by atoms with Crippen molar-refractivity contribution in [2.24, 2.45) is 0 Å². The van der Waals surface area contributed by atoms with E-state index in [1.807, 2.05) is 13.0 Å². The minimum Gasteiger partial charge on any atom is -0.494 e. The third-order valence-corrected chi connectivity index (χ3v) is 3.89. The van der Waals surface area contributed by atoms with Crippen LogP contribution in [-0.4, -0.2) is 23.4 Å². The van der Waals surface area contributed by atoms with Crippen molar-refractivity contribution in [1.82, 2.24) is 4.98 Å². The van der Waals surface area contributed by atoms with E-state index in [9.17, 15) is 9.59 Å². The smallest absolute Gasteiger partial charge is 0.274 e. The summed E-state index contributed by atoms with van der Waals surface area (Å²) in [5.41, 5.74) is 1.69. The number of nitrogens with one attached hydrogen (secondary N) is 2. The van der Waals surface area contributed by atoms with Crippen molar-refractivity contribution >= 4 is 23.2 Å². The third-order valence-electron chi connectivity index (χ3n) is 3.89. The fraction of sp³-hybridized carbons (Fsp3) is 0.0909. The molecule has 0 spiro atoms. The monoisotopic (exact) mass is 386 g/mol. The van der Waals surface area contributed by atoms with Gasteiger partial charge in [-0.25, -0.2) is 4.98 Å². The molecule has 2 amide bonds. The van der Waals surface area contributed by atoms with Crippen molar-refractivity contribution in [2.75, 3.05) is 17.2 Å². The molecule has 3 aromatic rings. The molecule has 7 nitrogen and oxygen atoms in total. The number of amides is 2. The number of aromatic nitrogens is 1. The molecule has 0 saturated carbocycles. The Labute approximate surface area is 168 Å². The maximum absolute atomic E-state index is 12.5. The molecule has 7 heteroatoms. The molecule has 0 bridgehead atoms. The van der Waals surface area contributed by atoms with Crippen molar-refractivity contribution in [3.05, 3.63) is 83.7 Å². The maximum atomic E-state index is 12.5. The summed E-state index contributed by atoms with van der Waals surface area (Å²) in [5.74, 6) is -0.200. The Bertz CT molecular complexity index is 1070. The molecule has 1 aromatic heterocycles. The second kappa shape index (κ2) is 9.15. The van der Waals surface area contributed by atoms with Gasteiger partial charge in [-0.15, -0.1) is 0 Å². The molecule has 0 saturated heterocycles. The van der Waals surface area contributed by atoms with Crippen molar-refractivity contribution in [3.63, 3.8) is 0 Å². The topological polar surface area (TPSA) is 104 Å². The lowest BCUT2D eigenvalue weighted by atomic mass is 10.2. The number of hydrogen-bond acceptors (Lipinski definition) is 5. The molecule has 2 aromatic carbocycles. The predicted molar refractivity (Wildman–Crippen MR) is 109 cm³/mol. The van der Waals surface area contributed by atoms with Gasteiger partial charge in [0.1, 0.15) is 17.1 Å². The SMILES string of the molecule is CCOc1ccc(NC(=O)c2cccc(C(=O)Nc3cccc(C#N)c3)n2)cc1. The molecule has 29 heavy (non-hydrogen) atoms. The minimum absolute atomic E-state index is 0.0895. The van der Waals surface area contributed by atoms with Gasteiger partial charge >= 0.3 is 0 Å². The number of ether oxygens (including phenoxy) is 1. The first-order valence-electron chi connectivity index (χ1n) is 8.92. The summed E-state index contributed by atoms with van der Waals surface area (Å²) in [4.78, 5) is 29.1. The molecule has 0 aliphatic rings. The highest BCUT2D eigenvalue weighted by Crippen LogP contribution is 2.16. The van der Waals surface area contributed by atoms with E-state index in [2.05, 4.69) is 15.6 Å². The highest BCUT2D eigenvalue weighted by Gasteiger charge is 2.13. The van der Waals surface area contributed by atoms with Crippen LogP contribution in [0.2, 0.25) is 0 Å². The zero-order chi connectivity index (χ0) is 20.6. The summed E-state index contributed by atoms with van der Waals surface area (Å²) in [6.07, 6.45) is 0. The molecule has 144 valence electrons. The van der Waals surface area contributed by atoms with Crippen LogP contribution >= 0.6 is 0 Å². The van der Waals surface area contributed by atoms with Crippen molar-refractivity contribution in [1.29, 1.82) is 5.26 Å². The number of rotatable bonds is 6. The lowest BCUT2D eigenvalue weighted by Crippen LogP contribution is -2.18. The van der Waals surface area contributed by atoms with Gasteiger partial charge in [0.05, 0.1) is 18.2 Å². The zero-order valence-electron chi connectivity index (χ0n) is 15.7. The number of nitriles is 1. The highest BCUT2D eigenvalue weighted by atomic mass is 16.5. The molecule has 0 atom stereocenters. The van der Waals surface area contributed by atoms with Gasteiger partial charge in [0.2, 0.25) is 0 Å². The van der Waals surface area contributed by atoms with Gasteiger partial charge in [0, 0.05) is 11.4 Å². The first-order valence-corrected chi connectivity index (χ1v) is 8.92. The average Bonchev–Trinajstić information content (AvgIpc) is 2.75. The zero-order valence-corrected chi connectivity index (χ0v) is 15.7. The van der Waals surface area contributed by atoms with Crippen LogP contribution in [0, 0.1) is 11.3 Å². The Morgan fingerprint density at radius 3 is 2.17 bits per heavy atom. The first-order chi connectivity index (χ1) is 14.1. The fourth-order valence-corrected chi connectivity index (χ4v) is 2.55. The summed E-state index contributed by atoms with van der Waals surface area (Å²) in [6.45, 7) is 2.45. The number of carbonyl (C=O) groups is 2. The van der Waals surface area contributed by atoms with Gasteiger partial charge in [-0.2, -0.15) is 5.26 Å². The highest BCUT2D eigenvalue weighted by molar-refractivity contribution is 6.06. The van der Waals surface area contributed by atoms with Crippen LogP contribution in [0.25, 0.3) is 0 Å². The number of carbonyl (C=O) groups excluding carboxylic acids is 2. The molecule has 3 rings (SSSR count). The van der Waals surface area contributed by atoms with Crippen LogP contribution in [0.5, 0.6) is 5.75 Å². The number of nitrogens with zero attached hydrogens (tertiary/aromatic N) is 2. The van der Waals surface area contributed by atoms with Crippen molar-refractivity contribution in [2.45, 2.75) is 6.92 Å². The number of hydrogen-bond donors (Lipinski definition) is 2. The molecule has 1 heterocycles. The first kappa shape index (κ1) is 19.6. The summed E-state index contributed by atoms with van der Waals surface area (Å²) >= 11 is 0. The van der Waals surface area contributed by atoms with Crippen LogP contribution in [0.1, 0.15) is 33.5 Å². The summed E-state index contributed by atoms with van der Waals surface area (Å²) < 4.78 is 5.37. The van der Waals surface area contributed by atoms with Crippen LogP contribution in [0.4, 0.5) is 11.4 Å². The van der Waals surface area contributed by atoms with E-state index < -0.39 is 11.8 Å². The number of pyridine rings is 1. The Morgan fingerprint density at radius 2 is 1.55 bits per heavy atom. The van der Waals surface area contributed by atoms with Gasteiger partial charge < -0.3 is 15.4 Å². The number of anilines is 2. The largest absolute Gasteiger partial charge is 0.494 e. The van der Waals surface area contributed by atoms with E-state index in [-0.39, 0.29) is 11.4 Å². The lowest BCUT2D eigenvalue weighted by Gasteiger charge is -2.08. The predicted octanol–water partition coefficient (Wildman–Crippen LogP) is 3.86. The van der Waals surface area contributed by atoms with Gasteiger partial charge in [-0.1, -0.05) is 12.1 Å². The number of benzene rings is 2. The van der Waals surface area contributed by atoms with E-state index in [0.29, 0.717) is 29.3 Å². The molecule has 0 fully saturated rings. The van der Waals surface area contributed by atoms with E-state index >= 15 is 0 Å². The van der Waals surface area contributed by atoms with Crippen LogP contribution in [-0.2, 0) is 0 Å². The molecule has 2 N–H and O–H groups in total. The van der Waals surface area contributed by atoms with Crippen molar-refractivity contribution < 1.29 is 14.3 Å². The van der Waals surface area contributed by atoms with Gasteiger partial charge in [0.15, 0.2) is 0 Å². The quantitative estimate of drug-likeness (QED) is 0.669. The molecule has 0 aliphatic carbocycles. The fourth-order valence-electron chi connectivity index (χ4n) is 2.55. The molecular weight excluding hydrogens is 368 g/mol. The van der Waals surface area contributed by atoms with Gasteiger partial charge in [-0.3, -0.25) is 9.59 Å². The summed E-state index contributed by atoms with van der Waals surface area (Å²) in [5, 5.41) is 14.3. The normalized spacial score (nSPS) is 9.93.